The van der Waals surface area contributed by atoms with Gasteiger partial charge in [0.15, 0.2) is 5.58 Å². The average Bonchev–Trinajstić information content (AvgIpc) is 2.71. The van der Waals surface area contributed by atoms with Gasteiger partial charge in [-0.2, -0.15) is 0 Å². The highest BCUT2D eigenvalue weighted by Crippen LogP contribution is 2.18. The normalized spacial score (nSPS) is 10.6. The minimum absolute atomic E-state index is 0.0245. The van der Waals surface area contributed by atoms with Crippen molar-refractivity contribution in [3.63, 3.8) is 0 Å². The third-order valence-corrected chi connectivity index (χ3v) is 2.36. The number of halogens is 1. The van der Waals surface area contributed by atoms with E-state index in [1.54, 1.807) is 19.1 Å². The molecule has 84 valence electrons. The van der Waals surface area contributed by atoms with Crippen molar-refractivity contribution in [1.82, 2.24) is 4.98 Å². The first-order chi connectivity index (χ1) is 7.74. The SMILES string of the molecule is CCOC(=O)c1nc2cc(CCl)ccc2o1. The van der Waals surface area contributed by atoms with Crippen molar-refractivity contribution in [2.45, 2.75) is 12.8 Å². The van der Waals surface area contributed by atoms with E-state index in [0.29, 0.717) is 23.6 Å². The summed E-state index contributed by atoms with van der Waals surface area (Å²) in [7, 11) is 0. The summed E-state index contributed by atoms with van der Waals surface area (Å²) in [4.78, 5) is 15.4. The molecule has 16 heavy (non-hydrogen) atoms. The lowest BCUT2D eigenvalue weighted by Gasteiger charge is -1.94. The zero-order valence-corrected chi connectivity index (χ0v) is 9.45. The quantitative estimate of drug-likeness (QED) is 0.611. The van der Waals surface area contributed by atoms with Crippen LogP contribution in [0.2, 0.25) is 0 Å². The number of alkyl halides is 1. The summed E-state index contributed by atoms with van der Waals surface area (Å²) < 4.78 is 10.0. The highest BCUT2D eigenvalue weighted by atomic mass is 35.5. The molecule has 0 aliphatic rings. The fourth-order valence-electron chi connectivity index (χ4n) is 1.34. The Hall–Kier alpha value is -1.55. The van der Waals surface area contributed by atoms with Gasteiger partial charge in [0, 0.05) is 5.88 Å². The van der Waals surface area contributed by atoms with Gasteiger partial charge in [0.25, 0.3) is 0 Å². The first-order valence-corrected chi connectivity index (χ1v) is 5.40. The van der Waals surface area contributed by atoms with E-state index < -0.39 is 5.97 Å². The Kier molecular flexibility index (Phi) is 3.10. The molecule has 4 nitrogen and oxygen atoms in total. The van der Waals surface area contributed by atoms with Crippen LogP contribution in [0, 0.1) is 0 Å². The zero-order valence-electron chi connectivity index (χ0n) is 8.70. The molecule has 0 saturated heterocycles. The lowest BCUT2D eigenvalue weighted by molar-refractivity contribution is 0.0483. The molecule has 0 aliphatic heterocycles. The third kappa shape index (κ3) is 2.02. The molecule has 0 fully saturated rings. The van der Waals surface area contributed by atoms with Crippen LogP contribution in [0.15, 0.2) is 22.6 Å². The maximum Gasteiger partial charge on any atom is 0.394 e. The van der Waals surface area contributed by atoms with Crippen molar-refractivity contribution in [2.24, 2.45) is 0 Å². The number of oxazole rings is 1. The van der Waals surface area contributed by atoms with Crippen LogP contribution in [0.3, 0.4) is 0 Å². The van der Waals surface area contributed by atoms with Crippen molar-refractivity contribution >= 4 is 28.7 Å². The molecule has 0 N–H and O–H groups in total. The molecule has 0 spiro atoms. The summed E-state index contributed by atoms with van der Waals surface area (Å²) in [5.74, 6) is -0.174. The van der Waals surface area contributed by atoms with E-state index in [0.717, 1.165) is 5.56 Å². The molecule has 0 unspecified atom stereocenters. The van der Waals surface area contributed by atoms with Crippen LogP contribution in [-0.4, -0.2) is 17.6 Å². The number of fused-ring (bicyclic) bond motifs is 1. The zero-order chi connectivity index (χ0) is 11.5. The Balaban J connectivity index is 2.39. The molecule has 0 amide bonds. The molecule has 1 aromatic heterocycles. The largest absolute Gasteiger partial charge is 0.459 e. The Morgan fingerprint density at radius 3 is 3.06 bits per heavy atom. The van der Waals surface area contributed by atoms with Crippen LogP contribution in [-0.2, 0) is 10.6 Å². The number of ether oxygens (including phenoxy) is 1. The molecule has 0 atom stereocenters. The van der Waals surface area contributed by atoms with Gasteiger partial charge in [-0.3, -0.25) is 0 Å². The van der Waals surface area contributed by atoms with Gasteiger partial charge in [-0.05, 0) is 24.6 Å². The predicted octanol–water partition coefficient (Wildman–Crippen LogP) is 2.74. The minimum Gasteiger partial charge on any atom is -0.459 e. The average molecular weight is 240 g/mol. The number of hydrogen-bond acceptors (Lipinski definition) is 4. The van der Waals surface area contributed by atoms with Crippen LogP contribution in [0.4, 0.5) is 0 Å². The molecule has 2 aromatic rings. The summed E-state index contributed by atoms with van der Waals surface area (Å²) >= 11 is 5.70. The molecule has 1 heterocycles. The smallest absolute Gasteiger partial charge is 0.394 e. The lowest BCUT2D eigenvalue weighted by Crippen LogP contribution is -2.04. The number of carbonyl (C=O) groups is 1. The molecule has 0 aliphatic carbocycles. The predicted molar refractivity (Wildman–Crippen MR) is 59.5 cm³/mol. The number of rotatable bonds is 3. The van der Waals surface area contributed by atoms with Gasteiger partial charge >= 0.3 is 11.9 Å². The van der Waals surface area contributed by atoms with Crippen LogP contribution in [0.25, 0.3) is 11.1 Å². The van der Waals surface area contributed by atoms with E-state index in [4.69, 9.17) is 20.8 Å². The van der Waals surface area contributed by atoms with Gasteiger partial charge in [0.2, 0.25) is 0 Å². The minimum atomic E-state index is -0.550. The Bertz CT molecular complexity index is 521. The second kappa shape index (κ2) is 4.53. The number of carbonyl (C=O) groups excluding carboxylic acids is 1. The topological polar surface area (TPSA) is 52.3 Å². The Labute approximate surface area is 97.2 Å². The van der Waals surface area contributed by atoms with Crippen molar-refractivity contribution in [3.8, 4) is 0 Å². The summed E-state index contributed by atoms with van der Waals surface area (Å²) in [5, 5.41) is 0. The van der Waals surface area contributed by atoms with Crippen LogP contribution >= 0.6 is 11.6 Å². The van der Waals surface area contributed by atoms with E-state index in [1.807, 2.05) is 6.07 Å². The van der Waals surface area contributed by atoms with E-state index in [9.17, 15) is 4.79 Å². The van der Waals surface area contributed by atoms with Crippen LogP contribution in [0.1, 0.15) is 23.2 Å². The summed E-state index contributed by atoms with van der Waals surface area (Å²) in [6.07, 6.45) is 0. The first-order valence-electron chi connectivity index (χ1n) is 4.87. The fraction of sp³-hybridized carbons (Fsp3) is 0.273. The number of nitrogens with zero attached hydrogens (tertiary/aromatic N) is 1. The maximum atomic E-state index is 11.4. The Morgan fingerprint density at radius 2 is 2.38 bits per heavy atom. The van der Waals surface area contributed by atoms with Gasteiger partial charge in [-0.1, -0.05) is 6.07 Å². The van der Waals surface area contributed by atoms with Crippen LogP contribution < -0.4 is 0 Å². The number of benzene rings is 1. The standard InChI is InChI=1S/C11H10ClNO3/c1-2-15-11(14)10-13-8-5-7(6-12)3-4-9(8)16-10/h3-5H,2,6H2,1H3. The summed E-state index contributed by atoms with van der Waals surface area (Å²) in [5.41, 5.74) is 2.09. The molecular weight excluding hydrogens is 230 g/mol. The van der Waals surface area contributed by atoms with Gasteiger partial charge in [0.05, 0.1) is 6.61 Å². The maximum absolute atomic E-state index is 11.4. The van der Waals surface area contributed by atoms with Crippen molar-refractivity contribution in [1.29, 1.82) is 0 Å². The van der Waals surface area contributed by atoms with Crippen molar-refractivity contribution in [3.05, 3.63) is 29.7 Å². The van der Waals surface area contributed by atoms with Gasteiger partial charge in [-0.15, -0.1) is 11.6 Å². The second-order valence-corrected chi connectivity index (χ2v) is 3.44. The van der Waals surface area contributed by atoms with E-state index in [2.05, 4.69) is 4.98 Å². The summed E-state index contributed by atoms with van der Waals surface area (Å²) in [6.45, 7) is 2.02. The van der Waals surface area contributed by atoms with Gasteiger partial charge in [0.1, 0.15) is 5.52 Å². The number of aromatic nitrogens is 1. The van der Waals surface area contributed by atoms with Crippen LogP contribution in [0.5, 0.6) is 0 Å². The summed E-state index contributed by atoms with van der Waals surface area (Å²) in [6, 6.07) is 5.35. The van der Waals surface area contributed by atoms with E-state index >= 15 is 0 Å². The highest BCUT2D eigenvalue weighted by Gasteiger charge is 2.15. The molecule has 0 saturated carbocycles. The highest BCUT2D eigenvalue weighted by molar-refractivity contribution is 6.17. The second-order valence-electron chi connectivity index (χ2n) is 3.18. The Morgan fingerprint density at radius 1 is 1.56 bits per heavy atom. The van der Waals surface area contributed by atoms with Gasteiger partial charge < -0.3 is 9.15 Å². The van der Waals surface area contributed by atoms with Crippen molar-refractivity contribution < 1.29 is 13.9 Å². The number of hydrogen-bond donors (Lipinski definition) is 0. The van der Waals surface area contributed by atoms with Crippen molar-refractivity contribution in [2.75, 3.05) is 6.61 Å². The first kappa shape index (κ1) is 11.0. The van der Waals surface area contributed by atoms with E-state index in [1.165, 1.54) is 0 Å². The number of esters is 1. The molecule has 5 heteroatoms. The molecule has 0 radical (unpaired) electrons. The fourth-order valence-corrected chi connectivity index (χ4v) is 1.50. The van der Waals surface area contributed by atoms with Gasteiger partial charge in [-0.25, -0.2) is 9.78 Å². The molecule has 1 aromatic carbocycles. The third-order valence-electron chi connectivity index (χ3n) is 2.06. The molecular formula is C11H10ClNO3. The lowest BCUT2D eigenvalue weighted by atomic mass is 10.2. The molecule has 2 rings (SSSR count). The molecule has 0 bridgehead atoms. The monoisotopic (exact) mass is 239 g/mol. The van der Waals surface area contributed by atoms with E-state index in [-0.39, 0.29) is 5.89 Å².